The summed E-state index contributed by atoms with van der Waals surface area (Å²) in [6.45, 7) is 7.51. The number of phenolic OH excluding ortho intramolecular Hbond substituents is 1. The van der Waals surface area contributed by atoms with Crippen LogP contribution >= 0.6 is 0 Å². The summed E-state index contributed by atoms with van der Waals surface area (Å²) in [5.74, 6) is -5.07. The van der Waals surface area contributed by atoms with E-state index in [1.165, 1.54) is 12.1 Å². The van der Waals surface area contributed by atoms with Crippen LogP contribution in [0.3, 0.4) is 0 Å². The molecule has 1 fully saturated rings. The molecular formula is C66H95N15O13. The second kappa shape index (κ2) is 42.1. The Morgan fingerprint density at radius 3 is 1.65 bits per heavy atom. The average molecular weight is 1310 g/mol. The molecule has 1 aliphatic rings. The lowest BCUT2D eigenvalue weighted by atomic mass is 9.99. The number of carboxylic acid groups (broad SMARTS) is 3. The van der Waals surface area contributed by atoms with Gasteiger partial charge < -0.3 is 68.7 Å². The molecule has 4 aromatic carbocycles. The largest absolute Gasteiger partial charge is 0.508 e. The van der Waals surface area contributed by atoms with Crippen LogP contribution in [0.25, 0.3) is 11.1 Å². The third-order valence-electron chi connectivity index (χ3n) is 15.6. The van der Waals surface area contributed by atoms with Crippen LogP contribution < -0.4 is 53.6 Å². The maximum atomic E-state index is 14.0. The highest BCUT2D eigenvalue weighted by atomic mass is 16.4. The van der Waals surface area contributed by atoms with Crippen molar-refractivity contribution in [3.05, 3.63) is 120 Å². The van der Waals surface area contributed by atoms with Gasteiger partial charge in [0, 0.05) is 123 Å². The molecule has 1 saturated heterocycles. The molecule has 0 saturated carbocycles. The van der Waals surface area contributed by atoms with Crippen molar-refractivity contribution < 1.29 is 63.6 Å². The van der Waals surface area contributed by atoms with E-state index in [0.717, 1.165) is 27.9 Å². The lowest BCUT2D eigenvalue weighted by Crippen LogP contribution is -2.53. The molecule has 7 amide bonds. The van der Waals surface area contributed by atoms with Gasteiger partial charge in [-0.3, -0.25) is 63.3 Å². The lowest BCUT2D eigenvalue weighted by molar-refractivity contribution is -0.140. The van der Waals surface area contributed by atoms with Gasteiger partial charge in [0.05, 0.1) is 31.6 Å². The molecule has 0 aliphatic carbocycles. The van der Waals surface area contributed by atoms with Gasteiger partial charge >= 0.3 is 23.9 Å². The molecule has 0 bridgehead atoms. The maximum Gasteiger partial charge on any atom is 0.344 e. The van der Waals surface area contributed by atoms with Gasteiger partial charge in [-0.2, -0.15) is 4.99 Å². The number of nitrogens with two attached hydrogens (primary N) is 1. The van der Waals surface area contributed by atoms with E-state index in [9.17, 15) is 63.6 Å². The molecule has 4 aromatic rings. The number of carbonyl (C=O) groups is 9. The molecule has 512 valence electrons. The van der Waals surface area contributed by atoms with Gasteiger partial charge in [-0.05, 0) is 97.5 Å². The number of rotatable bonds is 37. The van der Waals surface area contributed by atoms with E-state index in [2.05, 4.69) is 52.8 Å². The monoisotopic (exact) mass is 1310 g/mol. The van der Waals surface area contributed by atoms with Crippen LogP contribution in [0.1, 0.15) is 81.4 Å². The highest BCUT2D eigenvalue weighted by Crippen LogP contribution is 2.21. The first-order valence-electron chi connectivity index (χ1n) is 32.0. The number of aliphatic imine (C=N–C) groups is 1. The minimum absolute atomic E-state index is 0.0854. The van der Waals surface area contributed by atoms with Crippen LogP contribution in [-0.2, 0) is 51.3 Å². The van der Waals surface area contributed by atoms with Crippen molar-refractivity contribution in [1.29, 1.82) is 0 Å². The zero-order valence-electron chi connectivity index (χ0n) is 53.9. The Balaban J connectivity index is 1.07. The molecule has 1 unspecified atom stereocenters. The first-order valence-corrected chi connectivity index (χ1v) is 32.0. The quantitative estimate of drug-likeness (QED) is 0.0174. The number of nitrogens with zero attached hydrogens (tertiary/aromatic N) is 5. The number of carbonyl (C=O) groups excluding carboxylic acids is 6. The summed E-state index contributed by atoms with van der Waals surface area (Å²) < 4.78 is 0. The highest BCUT2D eigenvalue weighted by Gasteiger charge is 2.26. The highest BCUT2D eigenvalue weighted by molar-refractivity contribution is 5.92. The fourth-order valence-electron chi connectivity index (χ4n) is 10.1. The smallest absolute Gasteiger partial charge is 0.344 e. The molecule has 15 N–H and O–H groups in total. The molecular weight excluding hydrogens is 1210 g/mol. The molecule has 0 spiro atoms. The number of phenols is 1. The summed E-state index contributed by atoms with van der Waals surface area (Å²) in [6, 6.07) is 29.3. The number of unbranched alkanes of at least 4 members (excludes halogenated alkanes) is 1. The van der Waals surface area contributed by atoms with Gasteiger partial charge in [-0.1, -0.05) is 85.8 Å². The molecule has 3 atom stereocenters. The number of aromatic hydroxyl groups is 1. The lowest BCUT2D eigenvalue weighted by Gasteiger charge is -2.33. The minimum atomic E-state index is -1.04. The normalized spacial score (nSPS) is 14.7. The van der Waals surface area contributed by atoms with Crippen molar-refractivity contribution in [3.63, 3.8) is 0 Å². The standard InChI is InChI=1S/C66H95N15O13/c1-3-57(83)70-31-32-73-66(94)77-65(67)72-28-9-13-55(63(92)74-42-49-17-25-54(82)26-18-49)76-62(91)47(2)50-21-23-53(24-22-50)68-29-10-30-69-58(84)14-7-8-27-71-64(93)56(41-48-15-19-52(20-16-48)51-11-5-4-6-12-51)75-46-81-39-37-79(44-60(87)88)35-33-78(43-59(85)86)34-36-80(38-40-81)45-61(89)90/h4-6,11-12,15-26,47,55-56,68,75,82H,3,7-10,13-14,27-46H2,1-2H3,(H,69,84)(H,70,83)(H,71,93)(H,74,92)(H,76,91)(H,85,86)(H,87,88)(H,89,90)(H4,67,72,73,77,94)/t47?,55-,56-/m1/s1. The Morgan fingerprint density at radius 1 is 0.521 bits per heavy atom. The second-order valence-electron chi connectivity index (χ2n) is 23.0. The van der Waals surface area contributed by atoms with Crippen molar-refractivity contribution in [1.82, 2.24) is 62.1 Å². The van der Waals surface area contributed by atoms with Crippen LogP contribution in [0.2, 0.25) is 0 Å². The Bertz CT molecular complexity index is 3020. The Morgan fingerprint density at radius 2 is 1.05 bits per heavy atom. The second-order valence-corrected chi connectivity index (χ2v) is 23.0. The molecule has 5 rings (SSSR count). The van der Waals surface area contributed by atoms with Crippen molar-refractivity contribution >= 4 is 65.1 Å². The van der Waals surface area contributed by atoms with Gasteiger partial charge in [0.1, 0.15) is 11.8 Å². The molecule has 0 radical (unpaired) electrons. The van der Waals surface area contributed by atoms with E-state index in [-0.39, 0.29) is 127 Å². The summed E-state index contributed by atoms with van der Waals surface area (Å²) >= 11 is 0. The van der Waals surface area contributed by atoms with E-state index in [0.29, 0.717) is 89.9 Å². The third kappa shape index (κ3) is 30.5. The summed E-state index contributed by atoms with van der Waals surface area (Å²) in [5, 5.41) is 65.2. The summed E-state index contributed by atoms with van der Waals surface area (Å²) in [5.41, 5.74) is 11.2. The van der Waals surface area contributed by atoms with Gasteiger partial charge in [-0.15, -0.1) is 0 Å². The number of nitrogens with one attached hydrogen (secondary N) is 9. The number of anilines is 1. The molecule has 0 aromatic heterocycles. The van der Waals surface area contributed by atoms with E-state index < -0.39 is 47.8 Å². The predicted molar refractivity (Wildman–Crippen MR) is 356 cm³/mol. The number of benzene rings is 4. The van der Waals surface area contributed by atoms with Crippen LogP contribution in [0.5, 0.6) is 5.75 Å². The zero-order chi connectivity index (χ0) is 68.0. The maximum absolute atomic E-state index is 14.0. The fourth-order valence-corrected chi connectivity index (χ4v) is 10.1. The topological polar surface area (TPSA) is 394 Å². The summed E-state index contributed by atoms with van der Waals surface area (Å²) in [6.07, 6.45) is 3.20. The van der Waals surface area contributed by atoms with Crippen LogP contribution in [-0.4, -0.2) is 229 Å². The van der Waals surface area contributed by atoms with E-state index in [1.54, 1.807) is 40.7 Å². The molecule has 28 nitrogen and oxygen atoms in total. The number of amides is 7. The van der Waals surface area contributed by atoms with Crippen molar-refractivity contribution in [2.45, 2.75) is 89.8 Å². The van der Waals surface area contributed by atoms with E-state index in [1.807, 2.05) is 83.8 Å². The third-order valence-corrected chi connectivity index (χ3v) is 15.6. The molecule has 1 aliphatic heterocycles. The van der Waals surface area contributed by atoms with Crippen LogP contribution in [0.4, 0.5) is 10.5 Å². The Kier molecular flexibility index (Phi) is 33.8. The molecule has 1 heterocycles. The van der Waals surface area contributed by atoms with Gasteiger partial charge in [0.15, 0.2) is 5.96 Å². The van der Waals surface area contributed by atoms with Crippen molar-refractivity contribution in [3.8, 4) is 16.9 Å². The number of hydrogen-bond acceptors (Lipinski definition) is 16. The average Bonchev–Trinajstić information content (AvgIpc) is 0.974. The van der Waals surface area contributed by atoms with Crippen LogP contribution in [0, 0.1) is 0 Å². The summed E-state index contributed by atoms with van der Waals surface area (Å²) in [7, 11) is 0. The Labute approximate surface area is 549 Å². The fraction of sp³-hybridized carbons (Fsp3) is 0.485. The first kappa shape index (κ1) is 75.5. The molecule has 94 heavy (non-hydrogen) atoms. The predicted octanol–water partition coefficient (Wildman–Crippen LogP) is 1.72. The van der Waals surface area contributed by atoms with E-state index in [4.69, 9.17) is 5.73 Å². The van der Waals surface area contributed by atoms with Gasteiger partial charge in [-0.25, -0.2) is 4.79 Å². The number of guanidine groups is 1. The first-order chi connectivity index (χ1) is 45.2. The van der Waals surface area contributed by atoms with Crippen LogP contribution in [0.15, 0.2) is 108 Å². The number of carboxylic acids is 3. The van der Waals surface area contributed by atoms with Crippen molar-refractivity contribution in [2.24, 2.45) is 10.7 Å². The number of hydrogen-bond donors (Lipinski definition) is 14. The van der Waals surface area contributed by atoms with Gasteiger partial charge in [0.2, 0.25) is 29.5 Å². The SMILES string of the molecule is CCC(=O)NCCNC(=O)/N=C(/N)NCCC[C@@H](NC(=O)C(C)c1ccc(NCCCNC(=O)CCCCNC(=O)[C@@H](Cc2ccc(-c3ccccc3)cc2)NCN2CCN(CC(=O)O)CCN(CC(=O)O)CCN(CC(=O)O)CC2)cc1)C(=O)NCc1ccc(O)cc1. The molecule has 28 heteroatoms. The summed E-state index contributed by atoms with van der Waals surface area (Å²) in [4.78, 5) is 124. The van der Waals surface area contributed by atoms with E-state index >= 15 is 0 Å². The van der Waals surface area contributed by atoms with Gasteiger partial charge in [0.25, 0.3) is 0 Å². The van der Waals surface area contributed by atoms with Crippen molar-refractivity contribution in [2.75, 3.05) is 123 Å². The Hall–Kier alpha value is -9.22. The number of urea groups is 1. The minimum Gasteiger partial charge on any atom is -0.508 e. The zero-order valence-corrected chi connectivity index (χ0v) is 53.9. The number of aliphatic carboxylic acids is 3.